The van der Waals surface area contributed by atoms with Gasteiger partial charge in [-0.25, -0.2) is 0 Å². The number of hydrogen-bond acceptors (Lipinski definition) is 0. The molecule has 0 nitrogen and oxygen atoms in total. The maximum Gasteiger partial charge on any atom is 0.0236 e. The Morgan fingerprint density at radius 2 is 2.33 bits per heavy atom. The Morgan fingerprint density at radius 1 is 1.67 bits per heavy atom. The van der Waals surface area contributed by atoms with Gasteiger partial charge in [-0.1, -0.05) is 20.2 Å². The van der Waals surface area contributed by atoms with Crippen molar-refractivity contribution in [3.05, 3.63) is 0 Å². The first-order chi connectivity index (χ1) is 3.96. The van der Waals surface area contributed by atoms with Crippen molar-refractivity contribution in [3.63, 3.8) is 0 Å². The predicted octanol–water partition coefficient (Wildman–Crippen LogP) is 2.20. The van der Waals surface area contributed by atoms with Crippen molar-refractivity contribution < 1.29 is 4.11 Å². The number of hydrogen-bond donors (Lipinski definition) is 0. The molecule has 0 heteroatoms. The third-order valence-electron chi connectivity index (χ3n) is 1.46. The van der Waals surface area contributed by atoms with Gasteiger partial charge in [0.1, 0.15) is 0 Å². The molecule has 1 saturated carbocycles. The highest BCUT2D eigenvalue weighted by molar-refractivity contribution is 4.77. The van der Waals surface area contributed by atoms with E-state index in [4.69, 9.17) is 4.11 Å². The molecule has 1 rings (SSSR count). The molecule has 0 spiro atoms. The van der Waals surface area contributed by atoms with Gasteiger partial charge in [-0.2, -0.15) is 0 Å². The van der Waals surface area contributed by atoms with E-state index in [-0.39, 0.29) is 5.41 Å². The molecule has 0 aromatic heterocycles. The van der Waals surface area contributed by atoms with E-state index >= 15 is 0 Å². The first-order valence-electron chi connectivity index (χ1n) is 3.96. The van der Waals surface area contributed by atoms with Crippen LogP contribution in [0.1, 0.15) is 37.2 Å². The molecule has 0 radical (unpaired) electrons. The zero-order chi connectivity index (χ0) is 7.12. The zero-order valence-corrected chi connectivity index (χ0v) is 4.12. The van der Waals surface area contributed by atoms with E-state index in [2.05, 4.69) is 0 Å². The average Bonchev–Trinajstić information content (AvgIpc) is 1.57. The summed E-state index contributed by atoms with van der Waals surface area (Å²) in [5.74, 6) is 0. The van der Waals surface area contributed by atoms with E-state index in [0.29, 0.717) is 0 Å². The fourth-order valence-electron chi connectivity index (χ4n) is 0.707. The van der Waals surface area contributed by atoms with Crippen LogP contribution in [0.2, 0.25) is 0 Å². The molecule has 0 amide bonds. The van der Waals surface area contributed by atoms with E-state index < -0.39 is 6.85 Å². The van der Waals surface area contributed by atoms with Gasteiger partial charge in [-0.05, 0) is 18.3 Å². The van der Waals surface area contributed by atoms with E-state index in [9.17, 15) is 0 Å². The van der Waals surface area contributed by atoms with Gasteiger partial charge in [0, 0.05) is 4.11 Å². The fourth-order valence-corrected chi connectivity index (χ4v) is 0.707. The van der Waals surface area contributed by atoms with Crippen LogP contribution in [0.5, 0.6) is 0 Å². The van der Waals surface area contributed by atoms with Crippen molar-refractivity contribution in [2.75, 3.05) is 0 Å². The van der Waals surface area contributed by atoms with Gasteiger partial charge in [0.25, 0.3) is 0 Å². The molecule has 0 aromatic rings. The number of rotatable bonds is 0. The maximum atomic E-state index is 7.12. The highest BCUT2D eigenvalue weighted by Gasteiger charge is 2.24. The Morgan fingerprint density at radius 3 is 2.33 bits per heavy atom. The Balaban J connectivity index is 2.59. The standard InChI is InChI=1S/C6H12/c1-6(2)4-3-5-6/h3-5H2,1-2H3/i1D3. The molecule has 0 heterocycles. The predicted molar refractivity (Wildman–Crippen MR) is 27.6 cm³/mol. The molecule has 0 aromatic carbocycles. The van der Waals surface area contributed by atoms with Crippen LogP contribution >= 0.6 is 0 Å². The Hall–Kier alpha value is 0. The maximum absolute atomic E-state index is 7.12. The summed E-state index contributed by atoms with van der Waals surface area (Å²) in [5, 5.41) is 0. The minimum atomic E-state index is -1.72. The quantitative estimate of drug-likeness (QED) is 0.425. The monoisotopic (exact) mass is 87.1 g/mol. The minimum Gasteiger partial charge on any atom is -0.0599 e. The van der Waals surface area contributed by atoms with Crippen LogP contribution in [-0.4, -0.2) is 0 Å². The molecule has 0 unspecified atom stereocenters. The van der Waals surface area contributed by atoms with Crippen LogP contribution in [0.3, 0.4) is 0 Å². The minimum absolute atomic E-state index is 0.340. The van der Waals surface area contributed by atoms with Gasteiger partial charge in [-0.15, -0.1) is 0 Å². The molecule has 1 fully saturated rings. The third-order valence-corrected chi connectivity index (χ3v) is 1.46. The highest BCUT2D eigenvalue weighted by Crippen LogP contribution is 2.38. The lowest BCUT2D eigenvalue weighted by Crippen LogP contribution is -2.20. The van der Waals surface area contributed by atoms with E-state index in [1.54, 1.807) is 0 Å². The zero-order valence-electron chi connectivity index (χ0n) is 7.12. The van der Waals surface area contributed by atoms with Crippen LogP contribution < -0.4 is 0 Å². The van der Waals surface area contributed by atoms with Crippen molar-refractivity contribution in [2.24, 2.45) is 5.41 Å². The fraction of sp³-hybridized carbons (Fsp3) is 1.00. The molecular weight excluding hydrogens is 72.1 g/mol. The summed E-state index contributed by atoms with van der Waals surface area (Å²) in [4.78, 5) is 0. The molecular formula is C6H12. The van der Waals surface area contributed by atoms with E-state index in [0.717, 1.165) is 19.3 Å². The molecule has 6 heavy (non-hydrogen) atoms. The molecule has 0 saturated heterocycles. The molecule has 1 aliphatic rings. The van der Waals surface area contributed by atoms with Gasteiger partial charge in [0.05, 0.1) is 0 Å². The van der Waals surface area contributed by atoms with Crippen LogP contribution in [0.4, 0.5) is 0 Å². The third kappa shape index (κ3) is 0.562. The van der Waals surface area contributed by atoms with Crippen LogP contribution in [-0.2, 0) is 0 Å². The van der Waals surface area contributed by atoms with Gasteiger partial charge in [0.15, 0.2) is 0 Å². The summed E-state index contributed by atoms with van der Waals surface area (Å²) in [6.07, 6.45) is 2.85. The van der Waals surface area contributed by atoms with Crippen LogP contribution in [0.15, 0.2) is 0 Å². The van der Waals surface area contributed by atoms with Crippen molar-refractivity contribution in [2.45, 2.75) is 33.0 Å². The lowest BCUT2D eigenvalue weighted by Gasteiger charge is -2.33. The molecule has 1 aliphatic carbocycles. The summed E-state index contributed by atoms with van der Waals surface area (Å²) in [6.45, 7) is 0.134. The first kappa shape index (κ1) is 1.85. The Kier molecular flexibility index (Phi) is 0.305. The normalized spacial score (nSPS) is 38.5. The van der Waals surface area contributed by atoms with Crippen molar-refractivity contribution in [1.29, 1.82) is 0 Å². The van der Waals surface area contributed by atoms with Crippen molar-refractivity contribution in [1.82, 2.24) is 0 Å². The van der Waals surface area contributed by atoms with Gasteiger partial charge in [-0.3, -0.25) is 0 Å². The SMILES string of the molecule is [2H]C([2H])([2H])C1(C)CCC1. The summed E-state index contributed by atoms with van der Waals surface area (Å²) in [5.41, 5.74) is -0.340. The van der Waals surface area contributed by atoms with Gasteiger partial charge in [0.2, 0.25) is 0 Å². The summed E-state index contributed by atoms with van der Waals surface area (Å²) >= 11 is 0. The molecule has 0 atom stereocenters. The average molecular weight is 87.2 g/mol. The van der Waals surface area contributed by atoms with Crippen molar-refractivity contribution in [3.8, 4) is 0 Å². The largest absolute Gasteiger partial charge is 0.0599 e. The highest BCUT2D eigenvalue weighted by atomic mass is 14.3. The second-order valence-corrected chi connectivity index (χ2v) is 2.41. The Bertz CT molecular complexity index is 110. The summed E-state index contributed by atoms with van der Waals surface area (Å²) in [6, 6.07) is 0. The molecule has 0 bridgehead atoms. The van der Waals surface area contributed by atoms with Gasteiger partial charge >= 0.3 is 0 Å². The lowest BCUT2D eigenvalue weighted by atomic mass is 9.72. The van der Waals surface area contributed by atoms with Gasteiger partial charge < -0.3 is 0 Å². The van der Waals surface area contributed by atoms with E-state index in [1.807, 2.05) is 6.92 Å². The van der Waals surface area contributed by atoms with Crippen LogP contribution in [0, 0.1) is 5.41 Å². The summed E-state index contributed by atoms with van der Waals surface area (Å²) < 4.78 is 21.4. The molecule has 0 N–H and O–H groups in total. The van der Waals surface area contributed by atoms with E-state index in [1.165, 1.54) is 0 Å². The van der Waals surface area contributed by atoms with Crippen LogP contribution in [0.25, 0.3) is 0 Å². The van der Waals surface area contributed by atoms with Crippen molar-refractivity contribution >= 4 is 0 Å². The molecule has 36 valence electrons. The molecule has 0 aliphatic heterocycles. The lowest BCUT2D eigenvalue weighted by molar-refractivity contribution is 0.190. The first-order valence-corrected chi connectivity index (χ1v) is 2.46. The Labute approximate surface area is 43.8 Å². The topological polar surface area (TPSA) is 0 Å². The second-order valence-electron chi connectivity index (χ2n) is 2.41. The smallest absolute Gasteiger partial charge is 0.0236 e. The second kappa shape index (κ2) is 0.988. The summed E-state index contributed by atoms with van der Waals surface area (Å²) in [7, 11) is 0.